The third kappa shape index (κ3) is 8.86. The maximum atomic E-state index is 13.0. The van der Waals surface area contributed by atoms with Crippen LogP contribution in [-0.4, -0.2) is 23.3 Å². The van der Waals surface area contributed by atoms with Crippen LogP contribution in [0.4, 0.5) is 0 Å². The minimum absolute atomic E-state index is 0.153. The summed E-state index contributed by atoms with van der Waals surface area (Å²) >= 11 is 0. The number of carbonyl (C=O) groups excluding carboxylic acids is 2. The molecule has 1 aliphatic rings. The minimum atomic E-state index is -1.32. The van der Waals surface area contributed by atoms with Crippen LogP contribution in [0.25, 0.3) is 0 Å². The highest BCUT2D eigenvalue weighted by Gasteiger charge is 2.34. The van der Waals surface area contributed by atoms with Gasteiger partial charge >= 0.3 is 5.97 Å². The number of carbonyl (C=O) groups is 2. The van der Waals surface area contributed by atoms with Gasteiger partial charge in [0.15, 0.2) is 0 Å². The number of aliphatic hydroxyl groups is 1. The van der Waals surface area contributed by atoms with E-state index in [1.807, 2.05) is 37.3 Å². The number of esters is 1. The van der Waals surface area contributed by atoms with Crippen LogP contribution < -0.4 is 5.32 Å². The third-order valence-electron chi connectivity index (χ3n) is 6.02. The Balaban J connectivity index is 1.82. The molecule has 1 heterocycles. The molecule has 0 aromatic heterocycles. The van der Waals surface area contributed by atoms with E-state index in [4.69, 9.17) is 4.74 Å². The Bertz CT molecular complexity index is 701. The molecule has 1 aromatic carbocycles. The van der Waals surface area contributed by atoms with E-state index in [1.54, 1.807) is 0 Å². The SMILES string of the molecule is CCCCCCCCCCCCC(C(=O)N[C@H](C)c1ccccc1)C1=CC(=O)OC1O. The predicted octanol–water partition coefficient (Wildman–Crippen LogP) is 5.59. The Morgan fingerprint density at radius 2 is 1.58 bits per heavy atom. The molecule has 2 N–H and O–H groups in total. The van der Waals surface area contributed by atoms with Gasteiger partial charge in [-0.25, -0.2) is 4.79 Å². The molecule has 31 heavy (non-hydrogen) atoms. The van der Waals surface area contributed by atoms with Gasteiger partial charge in [0.25, 0.3) is 0 Å². The molecule has 1 aromatic rings. The van der Waals surface area contributed by atoms with Crippen LogP contribution in [0.2, 0.25) is 0 Å². The minimum Gasteiger partial charge on any atom is -0.429 e. The van der Waals surface area contributed by atoms with E-state index in [0.29, 0.717) is 12.0 Å². The number of hydrogen-bond acceptors (Lipinski definition) is 4. The number of benzene rings is 1. The highest BCUT2D eigenvalue weighted by atomic mass is 16.6. The van der Waals surface area contributed by atoms with Gasteiger partial charge < -0.3 is 15.2 Å². The van der Waals surface area contributed by atoms with E-state index in [2.05, 4.69) is 12.2 Å². The van der Waals surface area contributed by atoms with Crippen molar-refractivity contribution in [1.82, 2.24) is 5.32 Å². The molecule has 1 aliphatic heterocycles. The molecule has 0 saturated carbocycles. The first-order valence-electron chi connectivity index (χ1n) is 12.0. The van der Waals surface area contributed by atoms with Crippen LogP contribution in [0, 0.1) is 5.92 Å². The highest BCUT2D eigenvalue weighted by molar-refractivity contribution is 5.90. The maximum absolute atomic E-state index is 13.0. The Morgan fingerprint density at radius 1 is 1.00 bits per heavy atom. The number of cyclic esters (lactones) is 1. The molecular weight excluding hydrogens is 390 g/mol. The Labute approximate surface area is 187 Å². The summed E-state index contributed by atoms with van der Waals surface area (Å²) in [4.78, 5) is 24.6. The summed E-state index contributed by atoms with van der Waals surface area (Å²) in [7, 11) is 0. The zero-order valence-corrected chi connectivity index (χ0v) is 19.1. The fraction of sp³-hybridized carbons (Fsp3) is 0.615. The standard InChI is InChI=1S/C26H39NO4/c1-3-4-5-6-7-8-9-10-11-15-18-22(23-19-24(28)31-26(23)30)25(29)27-20(2)21-16-13-12-14-17-21/h12-14,16-17,19-20,22,26,30H,3-11,15,18H2,1-2H3,(H,27,29)/t20-,22?,26?/m1/s1. The lowest BCUT2D eigenvalue weighted by molar-refractivity contribution is -0.152. The fourth-order valence-corrected chi connectivity index (χ4v) is 4.12. The molecule has 0 bridgehead atoms. The summed E-state index contributed by atoms with van der Waals surface area (Å²) in [6, 6.07) is 9.61. The van der Waals surface area contributed by atoms with Gasteiger partial charge in [-0.15, -0.1) is 0 Å². The van der Waals surface area contributed by atoms with Gasteiger partial charge in [-0.05, 0) is 18.9 Å². The quantitative estimate of drug-likeness (QED) is 0.281. The van der Waals surface area contributed by atoms with Gasteiger partial charge in [-0.3, -0.25) is 4.79 Å². The van der Waals surface area contributed by atoms with Crippen LogP contribution in [0.3, 0.4) is 0 Å². The monoisotopic (exact) mass is 429 g/mol. The molecule has 172 valence electrons. The van der Waals surface area contributed by atoms with E-state index in [9.17, 15) is 14.7 Å². The summed E-state index contributed by atoms with van der Waals surface area (Å²) < 4.78 is 4.84. The van der Waals surface area contributed by atoms with Crippen molar-refractivity contribution in [3.63, 3.8) is 0 Å². The second-order valence-electron chi connectivity index (χ2n) is 8.60. The van der Waals surface area contributed by atoms with E-state index >= 15 is 0 Å². The molecule has 0 fully saturated rings. The number of amides is 1. The molecule has 0 radical (unpaired) electrons. The van der Waals surface area contributed by atoms with Gasteiger partial charge in [0.1, 0.15) is 0 Å². The highest BCUT2D eigenvalue weighted by Crippen LogP contribution is 2.28. The van der Waals surface area contributed by atoms with Crippen molar-refractivity contribution < 1.29 is 19.4 Å². The summed E-state index contributed by atoms with van der Waals surface area (Å²) in [5.74, 6) is -1.31. The van der Waals surface area contributed by atoms with Crippen LogP contribution in [0.5, 0.6) is 0 Å². The van der Waals surface area contributed by atoms with Crippen LogP contribution in [0.1, 0.15) is 96.1 Å². The van der Waals surface area contributed by atoms with Crippen molar-refractivity contribution in [3.8, 4) is 0 Å². The zero-order valence-electron chi connectivity index (χ0n) is 19.1. The second-order valence-corrected chi connectivity index (χ2v) is 8.60. The van der Waals surface area contributed by atoms with Crippen molar-refractivity contribution in [3.05, 3.63) is 47.5 Å². The summed E-state index contributed by atoms with van der Waals surface area (Å²) in [5, 5.41) is 13.1. The van der Waals surface area contributed by atoms with Gasteiger partial charge in [-0.2, -0.15) is 0 Å². The van der Waals surface area contributed by atoms with Crippen molar-refractivity contribution in [2.45, 2.75) is 96.8 Å². The predicted molar refractivity (Wildman–Crippen MR) is 123 cm³/mol. The number of ether oxygens (including phenoxy) is 1. The average molecular weight is 430 g/mol. The van der Waals surface area contributed by atoms with Crippen LogP contribution in [-0.2, 0) is 14.3 Å². The van der Waals surface area contributed by atoms with Crippen LogP contribution >= 0.6 is 0 Å². The lowest BCUT2D eigenvalue weighted by atomic mass is 9.91. The fourth-order valence-electron chi connectivity index (χ4n) is 4.12. The molecule has 5 heteroatoms. The first-order chi connectivity index (χ1) is 15.0. The van der Waals surface area contributed by atoms with E-state index in [-0.39, 0.29) is 11.9 Å². The Hall–Kier alpha value is -2.14. The summed E-state index contributed by atoms with van der Waals surface area (Å²) in [5.41, 5.74) is 1.39. The lowest BCUT2D eigenvalue weighted by Crippen LogP contribution is -2.35. The molecule has 1 amide bonds. The molecule has 2 rings (SSSR count). The van der Waals surface area contributed by atoms with Crippen LogP contribution in [0.15, 0.2) is 42.0 Å². The van der Waals surface area contributed by atoms with E-state index in [1.165, 1.54) is 51.0 Å². The number of rotatable bonds is 15. The molecule has 3 atom stereocenters. The lowest BCUT2D eigenvalue weighted by Gasteiger charge is -2.22. The largest absolute Gasteiger partial charge is 0.429 e. The normalized spacial score (nSPS) is 17.7. The molecule has 0 spiro atoms. The van der Waals surface area contributed by atoms with Crippen molar-refractivity contribution in [1.29, 1.82) is 0 Å². The maximum Gasteiger partial charge on any atom is 0.333 e. The number of unbranched alkanes of at least 4 members (excludes halogenated alkanes) is 9. The molecule has 0 aliphatic carbocycles. The van der Waals surface area contributed by atoms with Gasteiger partial charge in [0.2, 0.25) is 12.2 Å². The third-order valence-corrected chi connectivity index (χ3v) is 6.02. The zero-order chi connectivity index (χ0) is 22.5. The molecular formula is C26H39NO4. The number of nitrogens with one attached hydrogen (secondary N) is 1. The van der Waals surface area contributed by atoms with Gasteiger partial charge in [0.05, 0.1) is 12.0 Å². The Kier molecular flexibility index (Phi) is 11.4. The van der Waals surface area contributed by atoms with Crippen molar-refractivity contribution >= 4 is 11.9 Å². The average Bonchev–Trinajstić information content (AvgIpc) is 3.10. The first kappa shape index (κ1) is 25.1. The van der Waals surface area contributed by atoms with E-state index in [0.717, 1.165) is 24.8 Å². The molecule has 5 nitrogen and oxygen atoms in total. The molecule has 0 saturated heterocycles. The first-order valence-corrected chi connectivity index (χ1v) is 12.0. The summed E-state index contributed by atoms with van der Waals surface area (Å²) in [6.45, 7) is 4.17. The van der Waals surface area contributed by atoms with Gasteiger partial charge in [-0.1, -0.05) is 101 Å². The smallest absolute Gasteiger partial charge is 0.333 e. The van der Waals surface area contributed by atoms with Gasteiger partial charge in [0, 0.05) is 11.6 Å². The summed E-state index contributed by atoms with van der Waals surface area (Å²) in [6.07, 6.45) is 12.7. The topological polar surface area (TPSA) is 75.6 Å². The molecule has 2 unspecified atom stereocenters. The van der Waals surface area contributed by atoms with Crippen molar-refractivity contribution in [2.24, 2.45) is 5.92 Å². The Morgan fingerprint density at radius 3 is 2.13 bits per heavy atom. The second kappa shape index (κ2) is 14.0. The van der Waals surface area contributed by atoms with Crippen molar-refractivity contribution in [2.75, 3.05) is 0 Å². The number of aliphatic hydroxyl groups excluding tert-OH is 1. The van der Waals surface area contributed by atoms with E-state index < -0.39 is 18.2 Å². The number of hydrogen-bond donors (Lipinski definition) is 2.